The van der Waals surface area contributed by atoms with Gasteiger partial charge in [-0.15, -0.1) is 4.73 Å². The summed E-state index contributed by atoms with van der Waals surface area (Å²) in [5.41, 5.74) is 0.569. The first-order valence-electron chi connectivity index (χ1n) is 5.41. The normalized spacial score (nSPS) is 12.8. The first-order valence-corrected chi connectivity index (χ1v) is 5.79. The van der Waals surface area contributed by atoms with Gasteiger partial charge >= 0.3 is 11.7 Å². The zero-order valence-electron chi connectivity index (χ0n) is 10.8. The molecule has 1 N–H and O–H groups in total. The Hall–Kier alpha value is -1.28. The van der Waals surface area contributed by atoms with Crippen molar-refractivity contribution in [1.29, 1.82) is 0 Å². The van der Waals surface area contributed by atoms with E-state index in [1.807, 2.05) is 0 Å². The summed E-state index contributed by atoms with van der Waals surface area (Å²) in [7, 11) is 0. The van der Waals surface area contributed by atoms with E-state index in [0.717, 1.165) is 4.73 Å². The van der Waals surface area contributed by atoms with Crippen LogP contribution in [0.1, 0.15) is 6.92 Å². The third-order valence-corrected chi connectivity index (χ3v) is 3.10. The summed E-state index contributed by atoms with van der Waals surface area (Å²) < 4.78 is 2.08. The molecule has 0 saturated heterocycles. The average molecular weight is 305 g/mol. The van der Waals surface area contributed by atoms with Gasteiger partial charge in [-0.3, -0.25) is 9.36 Å². The van der Waals surface area contributed by atoms with Gasteiger partial charge in [-0.1, -0.05) is 11.6 Å². The van der Waals surface area contributed by atoms with Gasteiger partial charge in [0.2, 0.25) is 5.91 Å². The molecule has 1 aromatic heterocycles. The average Bonchev–Trinajstić information content (AvgIpc) is 2.59. The number of nitrogens with one attached hydrogen (secondary N) is 1. The molecule has 0 unspecified atom stereocenters. The molecule has 2 heterocycles. The number of carbonyl (C=O) groups excluding carboxylic acids is 2. The van der Waals surface area contributed by atoms with E-state index in [1.54, 1.807) is 6.07 Å². The summed E-state index contributed by atoms with van der Waals surface area (Å²) >= 11 is 5.99. The maximum absolute atomic E-state index is 12.1. The molecule has 3 rings (SSSR count). The molecule has 1 aliphatic heterocycles. The second-order valence-corrected chi connectivity index (χ2v) is 4.49. The molecule has 0 aliphatic carbocycles. The Morgan fingerprint density at radius 1 is 1.40 bits per heavy atom. The van der Waals surface area contributed by atoms with Gasteiger partial charge in [-0.25, -0.2) is 9.59 Å². The number of nitrogens with zero attached hydrogens (tertiary/aromatic N) is 2. The zero-order valence-corrected chi connectivity index (χ0v) is 13.5. The van der Waals surface area contributed by atoms with Crippen LogP contribution < -0.4 is 15.8 Å². The van der Waals surface area contributed by atoms with Gasteiger partial charge in [0.1, 0.15) is 12.1 Å². The molecular weight excluding hydrogens is 297 g/mol. The Morgan fingerprint density at radius 3 is 2.75 bits per heavy atom. The van der Waals surface area contributed by atoms with Crippen molar-refractivity contribution in [1.82, 2.24) is 9.30 Å². The first kappa shape index (κ1) is 15.1. The fraction of sp³-hybridized carbons (Fsp3) is 0.182. The predicted octanol–water partition coefficient (Wildman–Crippen LogP) is 0.00280. The van der Waals surface area contributed by atoms with Crippen molar-refractivity contribution in [2.45, 2.75) is 13.5 Å². The number of amides is 1. The van der Waals surface area contributed by atoms with Crippen LogP contribution in [0.4, 0.5) is 5.69 Å². The monoisotopic (exact) mass is 304 g/mol. The summed E-state index contributed by atoms with van der Waals surface area (Å²) in [6, 6.07) is 3.08. The van der Waals surface area contributed by atoms with Gasteiger partial charge in [0, 0.05) is 36.5 Å². The molecule has 0 fully saturated rings. The van der Waals surface area contributed by atoms with Gasteiger partial charge in [0.05, 0.1) is 16.2 Å². The van der Waals surface area contributed by atoms with Gasteiger partial charge in [-0.2, -0.15) is 0 Å². The van der Waals surface area contributed by atoms with E-state index in [2.05, 4.69) is 5.32 Å². The second-order valence-electron chi connectivity index (χ2n) is 4.08. The van der Waals surface area contributed by atoms with E-state index in [-0.39, 0.29) is 42.0 Å². The van der Waals surface area contributed by atoms with Crippen molar-refractivity contribution in [2.75, 3.05) is 5.32 Å². The number of rotatable bonds is 1. The first-order chi connectivity index (χ1) is 8.99. The van der Waals surface area contributed by atoms with Crippen LogP contribution in [0.15, 0.2) is 16.9 Å². The van der Waals surface area contributed by atoms with Crippen molar-refractivity contribution in [2.24, 2.45) is 0 Å². The van der Waals surface area contributed by atoms with E-state index < -0.39 is 11.7 Å². The maximum atomic E-state index is 12.1. The van der Waals surface area contributed by atoms with E-state index in [4.69, 9.17) is 16.4 Å². The Balaban J connectivity index is 0.00000147. The summed E-state index contributed by atoms with van der Waals surface area (Å²) in [6.07, 6.45) is 0. The fourth-order valence-corrected chi connectivity index (χ4v) is 2.31. The third kappa shape index (κ3) is 2.16. The van der Waals surface area contributed by atoms with Crippen LogP contribution in [0.2, 0.25) is 5.02 Å². The third-order valence-electron chi connectivity index (χ3n) is 2.79. The molecule has 1 aromatic carbocycles. The summed E-state index contributed by atoms with van der Waals surface area (Å²) in [5.74, 6) is -0.985. The molecule has 1 radical (unpaired) electrons. The molecule has 20 heavy (non-hydrogen) atoms. The fourth-order valence-electron chi connectivity index (χ4n) is 2.11. The minimum absolute atomic E-state index is 0. The molecular formula is C11H8ClN3NaO4. The zero-order chi connectivity index (χ0) is 13.7. The van der Waals surface area contributed by atoms with Crippen molar-refractivity contribution < 1.29 is 14.4 Å². The van der Waals surface area contributed by atoms with E-state index in [9.17, 15) is 14.4 Å². The topological polar surface area (TPSA) is 82.3 Å². The predicted molar refractivity (Wildman–Crippen MR) is 72.9 cm³/mol. The number of hydrogen-bond acceptors (Lipinski definition) is 4. The second kappa shape index (κ2) is 5.25. The van der Waals surface area contributed by atoms with Crippen LogP contribution in [0, 0.1) is 0 Å². The van der Waals surface area contributed by atoms with Gasteiger partial charge in [-0.05, 0) is 12.1 Å². The Kier molecular flexibility index (Phi) is 3.97. The van der Waals surface area contributed by atoms with Crippen LogP contribution in [-0.4, -0.2) is 50.7 Å². The number of imidazole rings is 1. The number of halogens is 1. The smallest absolute Gasteiger partial charge is 0.332 e. The molecule has 7 nitrogen and oxygen atoms in total. The molecule has 2 aromatic rings. The Morgan fingerprint density at radius 2 is 2.10 bits per heavy atom. The van der Waals surface area contributed by atoms with Crippen molar-refractivity contribution >= 4 is 69.8 Å². The number of hydrogen-bond donors (Lipinski definition) is 1. The van der Waals surface area contributed by atoms with Crippen LogP contribution in [0.3, 0.4) is 0 Å². The minimum Gasteiger partial charge on any atom is -0.332 e. The molecule has 9 heteroatoms. The molecule has 1 aliphatic rings. The SMILES string of the molecule is CC(=O)On1c(=O)n2c3c(c(Cl)ccc31)NC(=O)C2.[Na]. The van der Waals surface area contributed by atoms with Gasteiger partial charge < -0.3 is 10.2 Å². The van der Waals surface area contributed by atoms with Crippen LogP contribution >= 0.6 is 11.6 Å². The summed E-state index contributed by atoms with van der Waals surface area (Å²) in [6.45, 7) is 1.05. The molecule has 0 bridgehead atoms. The van der Waals surface area contributed by atoms with E-state index in [0.29, 0.717) is 21.7 Å². The number of anilines is 1. The largest absolute Gasteiger partial charge is 0.363 e. The summed E-state index contributed by atoms with van der Waals surface area (Å²) in [4.78, 5) is 39.6. The number of carbonyl (C=O) groups is 2. The van der Waals surface area contributed by atoms with Crippen molar-refractivity contribution in [3.8, 4) is 0 Å². The number of benzene rings is 1. The minimum atomic E-state index is -0.629. The Bertz CT molecular complexity index is 795. The maximum Gasteiger partial charge on any atom is 0.363 e. The molecule has 0 saturated carbocycles. The van der Waals surface area contributed by atoms with Crippen molar-refractivity contribution in [3.05, 3.63) is 27.6 Å². The molecule has 99 valence electrons. The summed E-state index contributed by atoms with van der Waals surface area (Å²) in [5, 5.41) is 2.92. The quantitative estimate of drug-likeness (QED) is 0.752. The molecule has 0 spiro atoms. The van der Waals surface area contributed by atoms with Crippen LogP contribution in [0.25, 0.3) is 11.0 Å². The van der Waals surface area contributed by atoms with E-state index in [1.165, 1.54) is 17.6 Å². The van der Waals surface area contributed by atoms with Crippen LogP contribution in [-0.2, 0) is 16.1 Å². The van der Waals surface area contributed by atoms with Crippen LogP contribution in [0.5, 0.6) is 0 Å². The molecule has 1 amide bonds. The van der Waals surface area contributed by atoms with Crippen molar-refractivity contribution in [3.63, 3.8) is 0 Å². The van der Waals surface area contributed by atoms with Gasteiger partial charge in [0.15, 0.2) is 0 Å². The molecule has 0 atom stereocenters. The Labute approximate surface area is 139 Å². The van der Waals surface area contributed by atoms with E-state index >= 15 is 0 Å². The number of aromatic nitrogens is 2. The standard InChI is InChI=1S/C11H8ClN3O4.Na/c1-5(16)19-15-7-3-2-6(12)9-10(7)14(11(15)18)4-8(17)13-9;/h2-3H,4H2,1H3,(H,13,17);. The van der Waals surface area contributed by atoms with Gasteiger partial charge in [0.25, 0.3) is 0 Å².